The molecule has 1 amide bonds. The van der Waals surface area contributed by atoms with Crippen LogP contribution in [0.2, 0.25) is 5.02 Å². The lowest BCUT2D eigenvalue weighted by molar-refractivity contribution is -0.170. The van der Waals surface area contributed by atoms with Crippen LogP contribution >= 0.6 is 11.6 Å². The lowest BCUT2D eigenvalue weighted by Gasteiger charge is -2.39. The first-order valence-electron chi connectivity index (χ1n) is 11.0. The fourth-order valence-corrected chi connectivity index (χ4v) is 3.93. The third-order valence-electron chi connectivity index (χ3n) is 5.60. The highest BCUT2D eigenvalue weighted by molar-refractivity contribution is 6.30. The molecule has 1 aromatic heterocycles. The largest absolute Gasteiger partial charge is 0.481 e. The van der Waals surface area contributed by atoms with Gasteiger partial charge in [-0.25, -0.2) is 4.79 Å². The number of carboxylic acids is 3. The zero-order valence-electron chi connectivity index (χ0n) is 19.6. The van der Waals surface area contributed by atoms with Crippen LogP contribution in [0.15, 0.2) is 48.8 Å². The number of rotatable bonds is 8. The molecule has 2 heterocycles. The monoisotopic (exact) mass is 521 g/mol. The van der Waals surface area contributed by atoms with Gasteiger partial charge in [0.25, 0.3) is 0 Å². The average Bonchev–Trinajstić information content (AvgIpc) is 2.81. The van der Waals surface area contributed by atoms with Crippen LogP contribution in [0.4, 0.5) is 0 Å². The SMILES string of the molecule is CC(=O)N1CCN(C(c2ccc(Cl)cc2)c2cccnc2)CC1.O=C(O)CC(O)(CC(=O)O)C(=O)O. The van der Waals surface area contributed by atoms with Crippen molar-refractivity contribution in [3.63, 3.8) is 0 Å². The Labute approximate surface area is 212 Å². The van der Waals surface area contributed by atoms with E-state index in [1.165, 1.54) is 5.56 Å². The second-order valence-corrected chi connectivity index (χ2v) is 8.70. The zero-order chi connectivity index (χ0) is 26.9. The van der Waals surface area contributed by atoms with Gasteiger partial charge in [-0.05, 0) is 29.3 Å². The van der Waals surface area contributed by atoms with Gasteiger partial charge in [0.2, 0.25) is 5.91 Å². The summed E-state index contributed by atoms with van der Waals surface area (Å²) in [5.41, 5.74) is -0.387. The van der Waals surface area contributed by atoms with E-state index in [1.54, 1.807) is 13.1 Å². The van der Waals surface area contributed by atoms with Crippen molar-refractivity contribution in [3.05, 3.63) is 64.9 Å². The molecule has 12 heteroatoms. The van der Waals surface area contributed by atoms with Gasteiger partial charge in [-0.15, -0.1) is 0 Å². The summed E-state index contributed by atoms with van der Waals surface area (Å²) in [5.74, 6) is -4.87. The minimum atomic E-state index is -2.74. The van der Waals surface area contributed by atoms with E-state index in [4.69, 9.17) is 32.0 Å². The minimum absolute atomic E-state index is 0.134. The molecule has 0 saturated carbocycles. The average molecular weight is 522 g/mol. The summed E-state index contributed by atoms with van der Waals surface area (Å²) < 4.78 is 0. The molecule has 1 aromatic carbocycles. The number of benzene rings is 1. The van der Waals surface area contributed by atoms with E-state index in [2.05, 4.69) is 28.1 Å². The summed E-state index contributed by atoms with van der Waals surface area (Å²) in [4.78, 5) is 50.6. The third kappa shape index (κ3) is 8.29. The Kier molecular flexibility index (Phi) is 10.3. The predicted octanol–water partition coefficient (Wildman–Crippen LogP) is 1.74. The summed E-state index contributed by atoms with van der Waals surface area (Å²) in [7, 11) is 0. The van der Waals surface area contributed by atoms with E-state index in [0.29, 0.717) is 0 Å². The van der Waals surface area contributed by atoms with E-state index >= 15 is 0 Å². The number of piperazine rings is 1. The number of hydrogen-bond donors (Lipinski definition) is 4. The number of amides is 1. The molecule has 11 nitrogen and oxygen atoms in total. The molecule has 4 N–H and O–H groups in total. The second kappa shape index (κ2) is 13.0. The van der Waals surface area contributed by atoms with Crippen molar-refractivity contribution >= 4 is 35.4 Å². The maximum Gasteiger partial charge on any atom is 0.336 e. The summed E-state index contributed by atoms with van der Waals surface area (Å²) in [6, 6.07) is 12.2. The fraction of sp³-hybridized carbons (Fsp3) is 0.375. The van der Waals surface area contributed by atoms with Crippen LogP contribution in [0, 0.1) is 0 Å². The molecule has 1 saturated heterocycles. The van der Waals surface area contributed by atoms with Crippen LogP contribution in [0.25, 0.3) is 0 Å². The summed E-state index contributed by atoms with van der Waals surface area (Å²) >= 11 is 6.03. The molecule has 0 bridgehead atoms. The number of carbonyl (C=O) groups excluding carboxylic acids is 1. The molecule has 0 radical (unpaired) electrons. The fourth-order valence-electron chi connectivity index (χ4n) is 3.81. The van der Waals surface area contributed by atoms with Crippen molar-refractivity contribution in [1.82, 2.24) is 14.8 Å². The van der Waals surface area contributed by atoms with Crippen LogP contribution in [0.3, 0.4) is 0 Å². The molecule has 194 valence electrons. The second-order valence-electron chi connectivity index (χ2n) is 8.26. The van der Waals surface area contributed by atoms with Gasteiger partial charge in [0.1, 0.15) is 0 Å². The van der Waals surface area contributed by atoms with Gasteiger partial charge < -0.3 is 25.3 Å². The lowest BCUT2D eigenvalue weighted by atomic mass is 9.96. The Bertz CT molecular complexity index is 1040. The molecule has 0 spiro atoms. The Hall–Kier alpha value is -3.54. The first-order chi connectivity index (χ1) is 16.9. The molecular weight excluding hydrogens is 494 g/mol. The van der Waals surface area contributed by atoms with Gasteiger partial charge in [0.15, 0.2) is 5.60 Å². The van der Waals surface area contributed by atoms with Gasteiger partial charge >= 0.3 is 17.9 Å². The molecule has 0 aliphatic carbocycles. The van der Waals surface area contributed by atoms with E-state index in [-0.39, 0.29) is 11.9 Å². The molecule has 1 atom stereocenters. The highest BCUT2D eigenvalue weighted by Gasteiger charge is 2.40. The predicted molar refractivity (Wildman–Crippen MR) is 128 cm³/mol. The van der Waals surface area contributed by atoms with Crippen molar-refractivity contribution in [2.45, 2.75) is 31.4 Å². The Morgan fingerprint density at radius 3 is 1.92 bits per heavy atom. The molecule has 2 aromatic rings. The van der Waals surface area contributed by atoms with Crippen molar-refractivity contribution < 1.29 is 39.6 Å². The summed E-state index contributed by atoms with van der Waals surface area (Å²) in [6.07, 6.45) is 1.41. The molecular formula is C24H28ClN3O8. The highest BCUT2D eigenvalue weighted by atomic mass is 35.5. The van der Waals surface area contributed by atoms with Gasteiger partial charge in [-0.1, -0.05) is 29.8 Å². The van der Waals surface area contributed by atoms with Crippen molar-refractivity contribution in [2.75, 3.05) is 26.2 Å². The summed E-state index contributed by atoms with van der Waals surface area (Å²) in [5, 5.41) is 34.5. The van der Waals surface area contributed by atoms with E-state index in [0.717, 1.165) is 36.8 Å². The van der Waals surface area contributed by atoms with Gasteiger partial charge in [-0.3, -0.25) is 24.3 Å². The van der Waals surface area contributed by atoms with Crippen molar-refractivity contribution in [3.8, 4) is 0 Å². The first-order valence-corrected chi connectivity index (χ1v) is 11.3. The third-order valence-corrected chi connectivity index (χ3v) is 5.85. The molecule has 1 unspecified atom stereocenters. The topological polar surface area (TPSA) is 169 Å². The van der Waals surface area contributed by atoms with Crippen molar-refractivity contribution in [2.24, 2.45) is 0 Å². The van der Waals surface area contributed by atoms with Gasteiger partial charge in [0, 0.05) is 50.5 Å². The normalized spacial score (nSPS) is 14.8. The quantitative estimate of drug-likeness (QED) is 0.401. The molecule has 1 fully saturated rings. The number of aliphatic hydroxyl groups is 1. The maximum atomic E-state index is 11.5. The zero-order valence-corrected chi connectivity index (χ0v) is 20.3. The van der Waals surface area contributed by atoms with E-state index in [9.17, 15) is 19.2 Å². The highest BCUT2D eigenvalue weighted by Crippen LogP contribution is 2.30. The number of carboxylic acid groups (broad SMARTS) is 3. The Morgan fingerprint density at radius 1 is 0.944 bits per heavy atom. The lowest BCUT2D eigenvalue weighted by Crippen LogP contribution is -2.49. The van der Waals surface area contributed by atoms with Gasteiger partial charge in [0.05, 0.1) is 18.9 Å². The summed E-state index contributed by atoms with van der Waals surface area (Å²) in [6.45, 7) is 4.86. The number of carbonyl (C=O) groups is 4. The molecule has 36 heavy (non-hydrogen) atoms. The van der Waals surface area contributed by atoms with Crippen LogP contribution in [-0.2, 0) is 19.2 Å². The smallest absolute Gasteiger partial charge is 0.336 e. The molecule has 1 aliphatic heterocycles. The number of aromatic nitrogens is 1. The van der Waals surface area contributed by atoms with Crippen molar-refractivity contribution in [1.29, 1.82) is 0 Å². The van der Waals surface area contributed by atoms with E-state index in [1.807, 2.05) is 29.3 Å². The van der Waals surface area contributed by atoms with Crippen LogP contribution in [-0.4, -0.2) is 90.8 Å². The molecule has 3 rings (SSSR count). The number of aliphatic carboxylic acids is 3. The number of nitrogens with zero attached hydrogens (tertiary/aromatic N) is 3. The molecule has 1 aliphatic rings. The first kappa shape index (κ1) is 28.7. The minimum Gasteiger partial charge on any atom is -0.481 e. The van der Waals surface area contributed by atoms with Crippen LogP contribution < -0.4 is 0 Å². The maximum absolute atomic E-state index is 11.5. The Balaban J connectivity index is 0.000000302. The number of pyridine rings is 1. The number of halogens is 1. The number of hydrogen-bond acceptors (Lipinski definition) is 7. The standard InChI is InChI=1S/C18H20ClN3O.C6H8O7/c1-14(23)21-9-11-22(12-10-21)18(16-3-2-8-20-13-16)15-4-6-17(19)7-5-15;7-3(8)1-6(13,5(11)12)2-4(9)10/h2-8,13,18H,9-12H2,1H3;13H,1-2H2,(H,7,8)(H,9,10)(H,11,12). The van der Waals surface area contributed by atoms with Crippen LogP contribution in [0.1, 0.15) is 36.9 Å². The van der Waals surface area contributed by atoms with E-state index < -0.39 is 36.4 Å². The van der Waals surface area contributed by atoms with Gasteiger partial charge in [-0.2, -0.15) is 0 Å². The Morgan fingerprint density at radius 2 is 1.50 bits per heavy atom. The van der Waals surface area contributed by atoms with Crippen LogP contribution in [0.5, 0.6) is 0 Å².